The van der Waals surface area contributed by atoms with Crippen LogP contribution in [0.4, 0.5) is 0 Å². The quantitative estimate of drug-likeness (QED) is 0.882. The summed E-state index contributed by atoms with van der Waals surface area (Å²) < 4.78 is 5.45. The summed E-state index contributed by atoms with van der Waals surface area (Å²) in [5.41, 5.74) is 1.43. The average Bonchev–Trinajstić information content (AvgIpc) is 2.41. The van der Waals surface area contributed by atoms with Gasteiger partial charge in [0.15, 0.2) is 0 Å². The van der Waals surface area contributed by atoms with Crippen LogP contribution in [0, 0.1) is 0 Å². The molecule has 18 heavy (non-hydrogen) atoms. The Morgan fingerprint density at radius 2 is 1.78 bits per heavy atom. The van der Waals surface area contributed by atoms with Gasteiger partial charge in [0.05, 0.1) is 13.2 Å². The van der Waals surface area contributed by atoms with Crippen LogP contribution in [0.25, 0.3) is 0 Å². The van der Waals surface area contributed by atoms with Crippen LogP contribution < -0.4 is 5.32 Å². The number of likely N-dealkylation sites (N-methyl/N-ethyl adjacent to an activating group) is 1. The van der Waals surface area contributed by atoms with Gasteiger partial charge in [0, 0.05) is 24.7 Å². The SMILES string of the molecule is CNC(c1ccccc1)C(C)(C)N1CCOCC1. The predicted molar refractivity (Wildman–Crippen MR) is 74.7 cm³/mol. The Hall–Kier alpha value is -0.900. The molecular weight excluding hydrogens is 224 g/mol. The first-order valence-corrected chi connectivity index (χ1v) is 6.71. The first-order chi connectivity index (χ1) is 8.66. The summed E-state index contributed by atoms with van der Waals surface area (Å²) in [5, 5.41) is 3.47. The van der Waals surface area contributed by atoms with Crippen molar-refractivity contribution in [3.8, 4) is 0 Å². The first-order valence-electron chi connectivity index (χ1n) is 6.71. The lowest BCUT2D eigenvalue weighted by atomic mass is 9.86. The van der Waals surface area contributed by atoms with Crippen molar-refractivity contribution >= 4 is 0 Å². The second-order valence-corrected chi connectivity index (χ2v) is 5.39. The highest BCUT2D eigenvalue weighted by atomic mass is 16.5. The van der Waals surface area contributed by atoms with Gasteiger partial charge < -0.3 is 10.1 Å². The standard InChI is InChI=1S/C15H24N2O/c1-15(2,17-9-11-18-12-10-17)14(16-3)13-7-5-4-6-8-13/h4-8,14,16H,9-12H2,1-3H3. The van der Waals surface area contributed by atoms with E-state index in [0.717, 1.165) is 26.3 Å². The van der Waals surface area contributed by atoms with E-state index in [1.54, 1.807) is 0 Å². The molecule has 1 N–H and O–H groups in total. The molecule has 1 atom stereocenters. The molecule has 0 radical (unpaired) electrons. The molecule has 1 unspecified atom stereocenters. The highest BCUT2D eigenvalue weighted by molar-refractivity contribution is 5.22. The van der Waals surface area contributed by atoms with Gasteiger partial charge >= 0.3 is 0 Å². The molecule has 100 valence electrons. The van der Waals surface area contributed by atoms with Gasteiger partial charge in [-0.15, -0.1) is 0 Å². The third kappa shape index (κ3) is 2.74. The Labute approximate surface area is 110 Å². The van der Waals surface area contributed by atoms with E-state index in [1.807, 2.05) is 7.05 Å². The van der Waals surface area contributed by atoms with Gasteiger partial charge in [-0.3, -0.25) is 4.90 Å². The molecule has 1 aliphatic rings. The lowest BCUT2D eigenvalue weighted by Crippen LogP contribution is -2.55. The Morgan fingerprint density at radius 1 is 1.17 bits per heavy atom. The van der Waals surface area contributed by atoms with Crippen molar-refractivity contribution < 1.29 is 4.74 Å². The summed E-state index contributed by atoms with van der Waals surface area (Å²) in [4.78, 5) is 2.52. The summed E-state index contributed by atoms with van der Waals surface area (Å²) in [5.74, 6) is 0. The van der Waals surface area contributed by atoms with Crippen LogP contribution in [0.1, 0.15) is 25.5 Å². The molecule has 1 aromatic rings. The van der Waals surface area contributed by atoms with Crippen molar-refractivity contribution in [2.75, 3.05) is 33.4 Å². The summed E-state index contributed by atoms with van der Waals surface area (Å²) in [6.07, 6.45) is 0. The smallest absolute Gasteiger partial charge is 0.0594 e. The largest absolute Gasteiger partial charge is 0.379 e. The highest BCUT2D eigenvalue weighted by Crippen LogP contribution is 2.31. The van der Waals surface area contributed by atoms with Crippen LogP contribution in [0.15, 0.2) is 30.3 Å². The minimum atomic E-state index is 0.0832. The van der Waals surface area contributed by atoms with Crippen molar-refractivity contribution in [2.45, 2.75) is 25.4 Å². The number of nitrogens with one attached hydrogen (secondary N) is 1. The molecule has 1 aromatic carbocycles. The number of ether oxygens (including phenoxy) is 1. The van der Waals surface area contributed by atoms with E-state index in [2.05, 4.69) is 54.4 Å². The second kappa shape index (κ2) is 5.83. The lowest BCUT2D eigenvalue weighted by Gasteiger charge is -2.46. The van der Waals surface area contributed by atoms with E-state index in [9.17, 15) is 0 Å². The Balaban J connectivity index is 2.19. The van der Waals surface area contributed by atoms with Gasteiger partial charge in [-0.25, -0.2) is 0 Å². The molecule has 0 bridgehead atoms. The van der Waals surface area contributed by atoms with Crippen LogP contribution in [0.3, 0.4) is 0 Å². The summed E-state index contributed by atoms with van der Waals surface area (Å²) >= 11 is 0. The predicted octanol–water partition coefficient (Wildman–Crippen LogP) is 2.06. The molecule has 0 amide bonds. The summed E-state index contributed by atoms with van der Waals surface area (Å²) in [6.45, 7) is 8.33. The lowest BCUT2D eigenvalue weighted by molar-refractivity contribution is -0.0229. The van der Waals surface area contributed by atoms with Crippen LogP contribution >= 0.6 is 0 Å². The molecule has 0 aliphatic carbocycles. The maximum atomic E-state index is 5.45. The Kier molecular flexibility index (Phi) is 4.38. The highest BCUT2D eigenvalue weighted by Gasteiger charge is 2.36. The third-order valence-corrected chi connectivity index (χ3v) is 3.95. The van der Waals surface area contributed by atoms with E-state index < -0.39 is 0 Å². The molecule has 1 heterocycles. The van der Waals surface area contributed by atoms with Crippen LogP contribution in [0.5, 0.6) is 0 Å². The molecule has 0 saturated carbocycles. The van der Waals surface area contributed by atoms with Crippen LogP contribution in [-0.4, -0.2) is 43.8 Å². The van der Waals surface area contributed by atoms with Crippen LogP contribution in [0.2, 0.25) is 0 Å². The fraction of sp³-hybridized carbons (Fsp3) is 0.600. The van der Waals surface area contributed by atoms with Crippen molar-refractivity contribution in [1.29, 1.82) is 0 Å². The number of benzene rings is 1. The monoisotopic (exact) mass is 248 g/mol. The normalized spacial score (nSPS) is 19.7. The molecule has 0 spiro atoms. The first kappa shape index (κ1) is 13.5. The van der Waals surface area contributed by atoms with E-state index in [1.165, 1.54) is 5.56 Å². The second-order valence-electron chi connectivity index (χ2n) is 5.39. The topological polar surface area (TPSA) is 24.5 Å². The molecule has 3 heteroatoms. The fourth-order valence-electron chi connectivity index (χ4n) is 2.90. The van der Waals surface area contributed by atoms with E-state index in [-0.39, 0.29) is 5.54 Å². The molecule has 1 saturated heterocycles. The van der Waals surface area contributed by atoms with Crippen molar-refractivity contribution in [3.63, 3.8) is 0 Å². The maximum Gasteiger partial charge on any atom is 0.0594 e. The minimum Gasteiger partial charge on any atom is -0.379 e. The van der Waals surface area contributed by atoms with E-state index >= 15 is 0 Å². The number of morpholine rings is 1. The van der Waals surface area contributed by atoms with Gasteiger partial charge in [-0.1, -0.05) is 30.3 Å². The van der Waals surface area contributed by atoms with Gasteiger partial charge in [0.1, 0.15) is 0 Å². The molecule has 1 fully saturated rings. The third-order valence-electron chi connectivity index (χ3n) is 3.95. The van der Waals surface area contributed by atoms with Gasteiger partial charge in [0.25, 0.3) is 0 Å². The number of hydrogen-bond acceptors (Lipinski definition) is 3. The summed E-state index contributed by atoms with van der Waals surface area (Å²) in [7, 11) is 2.04. The van der Waals surface area contributed by atoms with Gasteiger partial charge in [-0.2, -0.15) is 0 Å². The maximum absolute atomic E-state index is 5.45. The Bertz CT molecular complexity index is 358. The zero-order valence-corrected chi connectivity index (χ0v) is 11.6. The minimum absolute atomic E-state index is 0.0832. The fourth-order valence-corrected chi connectivity index (χ4v) is 2.90. The number of hydrogen-bond donors (Lipinski definition) is 1. The zero-order chi connectivity index (χ0) is 13.0. The summed E-state index contributed by atoms with van der Waals surface area (Å²) in [6, 6.07) is 11.0. The van der Waals surface area contributed by atoms with Crippen molar-refractivity contribution in [1.82, 2.24) is 10.2 Å². The molecule has 2 rings (SSSR count). The van der Waals surface area contributed by atoms with Crippen molar-refractivity contribution in [3.05, 3.63) is 35.9 Å². The average molecular weight is 248 g/mol. The molecule has 3 nitrogen and oxygen atoms in total. The van der Waals surface area contributed by atoms with Crippen molar-refractivity contribution in [2.24, 2.45) is 0 Å². The number of rotatable bonds is 4. The molecule has 0 aromatic heterocycles. The van der Waals surface area contributed by atoms with Gasteiger partial charge in [-0.05, 0) is 26.5 Å². The van der Waals surface area contributed by atoms with Crippen LogP contribution in [-0.2, 0) is 4.74 Å². The number of nitrogens with zero attached hydrogens (tertiary/aromatic N) is 1. The molecule has 1 aliphatic heterocycles. The van der Waals surface area contributed by atoms with Gasteiger partial charge in [0.2, 0.25) is 0 Å². The van der Waals surface area contributed by atoms with E-state index in [0.29, 0.717) is 6.04 Å². The zero-order valence-electron chi connectivity index (χ0n) is 11.6. The van der Waals surface area contributed by atoms with E-state index in [4.69, 9.17) is 4.74 Å². The molecular formula is C15H24N2O. The Morgan fingerprint density at radius 3 is 2.33 bits per heavy atom.